The maximum Gasteiger partial charge on any atom is 0.511 e. The molecular formula is C18H17ClF3N3O4. The Morgan fingerprint density at radius 1 is 1.31 bits per heavy atom. The molecule has 11 heteroatoms. The number of pyridine rings is 1. The van der Waals surface area contributed by atoms with E-state index in [0.29, 0.717) is 26.2 Å². The van der Waals surface area contributed by atoms with Gasteiger partial charge in [-0.05, 0) is 13.1 Å². The number of halogens is 4. The molecule has 1 saturated carbocycles. The third kappa shape index (κ3) is 3.40. The molecule has 7 nitrogen and oxygen atoms in total. The van der Waals surface area contributed by atoms with Crippen LogP contribution in [0.4, 0.5) is 23.7 Å². The molecule has 0 amide bonds. The molecule has 1 aliphatic carbocycles. The summed E-state index contributed by atoms with van der Waals surface area (Å²) >= 11 is 6.26. The second-order valence-corrected chi connectivity index (χ2v) is 7.69. The number of likely N-dealkylation sites (N-methyl/N-ethyl adjacent to an activating group) is 1. The summed E-state index contributed by atoms with van der Waals surface area (Å²) < 4.78 is 48.5. The summed E-state index contributed by atoms with van der Waals surface area (Å²) in [6.07, 6.45) is -1.51. The minimum absolute atomic E-state index is 0.0382. The summed E-state index contributed by atoms with van der Waals surface area (Å²) in [6, 6.07) is -0.223. The lowest BCUT2D eigenvalue weighted by Crippen LogP contribution is -2.45. The molecule has 2 fully saturated rings. The number of alkyl halides is 2. The Hall–Kier alpha value is -2.46. The van der Waals surface area contributed by atoms with E-state index in [2.05, 4.69) is 9.64 Å². The summed E-state index contributed by atoms with van der Waals surface area (Å²) in [5.41, 5.74) is -1.24. The Bertz CT molecular complexity index is 1070. The first kappa shape index (κ1) is 19.8. The molecule has 0 bridgehead atoms. The normalized spacial score (nSPS) is 21.4. The molecule has 29 heavy (non-hydrogen) atoms. The first-order valence-corrected chi connectivity index (χ1v) is 9.27. The lowest BCUT2D eigenvalue weighted by atomic mass is 10.1. The highest BCUT2D eigenvalue weighted by atomic mass is 35.5. The van der Waals surface area contributed by atoms with Crippen molar-refractivity contribution in [3.63, 3.8) is 0 Å². The maximum atomic E-state index is 15.6. The van der Waals surface area contributed by atoms with E-state index in [9.17, 15) is 18.4 Å². The fraction of sp³-hybridized carbons (Fsp3) is 0.444. The van der Waals surface area contributed by atoms with Crippen LogP contribution < -0.4 is 15.1 Å². The Labute approximate surface area is 167 Å². The highest BCUT2D eigenvalue weighted by Crippen LogP contribution is 2.54. The van der Waals surface area contributed by atoms with Gasteiger partial charge in [0.2, 0.25) is 5.43 Å². The molecule has 1 saturated heterocycles. The van der Waals surface area contributed by atoms with Crippen LogP contribution in [0.2, 0.25) is 5.02 Å². The molecule has 1 aromatic carbocycles. The molecule has 1 aliphatic heterocycles. The van der Waals surface area contributed by atoms with Gasteiger partial charge in [0.05, 0.1) is 27.8 Å². The highest BCUT2D eigenvalue weighted by Gasteiger charge is 2.58. The van der Waals surface area contributed by atoms with Gasteiger partial charge in [-0.3, -0.25) is 4.79 Å². The Morgan fingerprint density at radius 3 is 2.48 bits per heavy atom. The Balaban J connectivity index is 1.95. The smallest absolute Gasteiger partial charge is 0.449 e. The van der Waals surface area contributed by atoms with Gasteiger partial charge in [-0.1, -0.05) is 11.6 Å². The van der Waals surface area contributed by atoms with Crippen molar-refractivity contribution in [3.05, 3.63) is 33.3 Å². The molecule has 1 unspecified atom stereocenters. The van der Waals surface area contributed by atoms with Gasteiger partial charge in [-0.25, -0.2) is 18.0 Å². The zero-order chi connectivity index (χ0) is 21.1. The van der Waals surface area contributed by atoms with Crippen molar-refractivity contribution in [1.29, 1.82) is 0 Å². The zero-order valence-electron chi connectivity index (χ0n) is 15.3. The second kappa shape index (κ2) is 6.81. The summed E-state index contributed by atoms with van der Waals surface area (Å²) in [5.74, 6) is -4.67. The average molecular weight is 432 g/mol. The third-order valence-electron chi connectivity index (χ3n) is 5.30. The van der Waals surface area contributed by atoms with Gasteiger partial charge in [0, 0.05) is 32.6 Å². The van der Waals surface area contributed by atoms with E-state index in [1.807, 2.05) is 7.05 Å². The fourth-order valence-corrected chi connectivity index (χ4v) is 3.95. The number of anilines is 1. The van der Waals surface area contributed by atoms with Crippen molar-refractivity contribution < 1.29 is 27.8 Å². The molecule has 1 atom stereocenters. The molecule has 1 aromatic heterocycles. The van der Waals surface area contributed by atoms with Crippen LogP contribution in [0.3, 0.4) is 0 Å². The molecule has 4 rings (SSSR count). The molecule has 2 aliphatic rings. The van der Waals surface area contributed by atoms with Gasteiger partial charge in [0.15, 0.2) is 11.6 Å². The monoisotopic (exact) mass is 431 g/mol. The summed E-state index contributed by atoms with van der Waals surface area (Å²) in [4.78, 5) is 27.3. The summed E-state index contributed by atoms with van der Waals surface area (Å²) in [5, 5.41) is 8.46. The van der Waals surface area contributed by atoms with Gasteiger partial charge >= 0.3 is 6.16 Å². The number of aromatic nitrogens is 1. The van der Waals surface area contributed by atoms with E-state index in [-0.39, 0.29) is 21.6 Å². The first-order valence-electron chi connectivity index (χ1n) is 8.89. The van der Waals surface area contributed by atoms with E-state index < -0.39 is 41.5 Å². The van der Waals surface area contributed by atoms with Crippen LogP contribution in [0.15, 0.2) is 17.1 Å². The van der Waals surface area contributed by atoms with Crippen molar-refractivity contribution in [2.45, 2.75) is 18.4 Å². The van der Waals surface area contributed by atoms with Crippen LogP contribution in [0, 0.1) is 5.82 Å². The van der Waals surface area contributed by atoms with Gasteiger partial charge in [-0.15, -0.1) is 0 Å². The topological polar surface area (TPSA) is 75.0 Å². The fourth-order valence-electron chi connectivity index (χ4n) is 3.64. The number of ether oxygens (including phenoxy) is 1. The number of hydrogen-bond acceptors (Lipinski definition) is 5. The molecule has 1 N–H and O–H groups in total. The molecule has 2 heterocycles. The third-order valence-corrected chi connectivity index (χ3v) is 5.58. The minimum atomic E-state index is -3.09. The van der Waals surface area contributed by atoms with Crippen LogP contribution in [-0.2, 0) is 0 Å². The summed E-state index contributed by atoms with van der Waals surface area (Å²) in [6.45, 7) is 2.27. The van der Waals surface area contributed by atoms with Crippen LogP contribution >= 0.6 is 11.6 Å². The number of nitrogens with zero attached hydrogens (tertiary/aromatic N) is 3. The van der Waals surface area contributed by atoms with Crippen molar-refractivity contribution in [2.24, 2.45) is 0 Å². The number of hydrogen-bond donors (Lipinski definition) is 1. The number of carbonyl (C=O) groups is 1. The van der Waals surface area contributed by atoms with E-state index in [4.69, 9.17) is 16.7 Å². The molecule has 0 radical (unpaired) electrons. The van der Waals surface area contributed by atoms with Crippen LogP contribution in [0.1, 0.15) is 12.5 Å². The first-order chi connectivity index (χ1) is 13.6. The van der Waals surface area contributed by atoms with E-state index in [1.54, 1.807) is 4.90 Å². The van der Waals surface area contributed by atoms with Gasteiger partial charge in [-0.2, -0.15) is 0 Å². The Kier molecular flexibility index (Phi) is 4.66. The zero-order valence-corrected chi connectivity index (χ0v) is 16.0. The van der Waals surface area contributed by atoms with E-state index >= 15 is 4.39 Å². The Morgan fingerprint density at radius 2 is 1.93 bits per heavy atom. The van der Waals surface area contributed by atoms with Crippen LogP contribution in [0.5, 0.6) is 5.75 Å². The standard InChI is InChI=1S/C18H17ClF3N3O4/c1-23-2-4-24(5-3-23)15-10(19)6-9-14(13(15)20)25(12-7-18(12,21)22)8-11(16(9)26)29-17(27)28/h6,8,12H,2-5,7H2,1H3,(H,27,28). The molecule has 0 spiro atoms. The number of fused-ring (bicyclic) bond motifs is 1. The number of carboxylic acid groups (broad SMARTS) is 1. The van der Waals surface area contributed by atoms with Crippen molar-refractivity contribution >= 4 is 34.3 Å². The van der Waals surface area contributed by atoms with E-state index in [1.165, 1.54) is 6.07 Å². The number of rotatable bonds is 3. The largest absolute Gasteiger partial charge is 0.511 e. The molecule has 2 aromatic rings. The number of piperazine rings is 1. The SMILES string of the molecule is CN1CCN(c2c(Cl)cc3c(=O)c(OC(=O)O)cn(C4CC4(F)F)c3c2F)CC1. The maximum absolute atomic E-state index is 15.6. The van der Waals surface area contributed by atoms with E-state index in [0.717, 1.165) is 10.8 Å². The van der Waals surface area contributed by atoms with Crippen molar-refractivity contribution in [2.75, 3.05) is 38.1 Å². The number of benzene rings is 1. The predicted octanol–water partition coefficient (Wildman–Crippen LogP) is 3.18. The van der Waals surface area contributed by atoms with Crippen LogP contribution in [-0.4, -0.2) is 59.9 Å². The van der Waals surface area contributed by atoms with Gasteiger partial charge in [0.25, 0.3) is 5.92 Å². The summed E-state index contributed by atoms with van der Waals surface area (Å²) in [7, 11) is 1.92. The lowest BCUT2D eigenvalue weighted by molar-refractivity contribution is 0.101. The predicted molar refractivity (Wildman–Crippen MR) is 100 cm³/mol. The average Bonchev–Trinajstić information content (AvgIpc) is 3.27. The van der Waals surface area contributed by atoms with Crippen molar-refractivity contribution in [3.8, 4) is 5.75 Å². The minimum Gasteiger partial charge on any atom is -0.449 e. The van der Waals surface area contributed by atoms with Gasteiger partial charge < -0.3 is 24.2 Å². The molecular weight excluding hydrogens is 415 g/mol. The lowest BCUT2D eigenvalue weighted by Gasteiger charge is -2.35. The van der Waals surface area contributed by atoms with Crippen molar-refractivity contribution in [1.82, 2.24) is 9.47 Å². The molecule has 156 valence electrons. The van der Waals surface area contributed by atoms with Gasteiger partial charge in [0.1, 0.15) is 6.04 Å². The highest BCUT2D eigenvalue weighted by molar-refractivity contribution is 6.34. The quantitative estimate of drug-likeness (QED) is 0.752. The second-order valence-electron chi connectivity index (χ2n) is 7.29. The van der Waals surface area contributed by atoms with Crippen LogP contribution in [0.25, 0.3) is 10.9 Å².